The Balaban J connectivity index is 2.86. The fraction of sp³-hybridized carbons (Fsp3) is 0.455. The molecular formula is C11H12F4O2. The summed E-state index contributed by atoms with van der Waals surface area (Å²) in [5.41, 5.74) is 0.235. The second kappa shape index (κ2) is 5.35. The Labute approximate surface area is 95.8 Å². The summed E-state index contributed by atoms with van der Waals surface area (Å²) in [6.45, 7) is 1.83. The Morgan fingerprint density at radius 3 is 2.47 bits per heavy atom. The molecule has 0 aromatic heterocycles. The number of hydrogen-bond donors (Lipinski definition) is 1. The predicted octanol–water partition coefficient (Wildman–Crippen LogP) is 3.56. The van der Waals surface area contributed by atoms with E-state index in [9.17, 15) is 22.7 Å². The fourth-order valence-electron chi connectivity index (χ4n) is 1.37. The van der Waals surface area contributed by atoms with E-state index in [1.807, 2.05) is 6.92 Å². The molecule has 0 bridgehead atoms. The number of alkyl halides is 3. The molecule has 0 amide bonds. The molecule has 17 heavy (non-hydrogen) atoms. The van der Waals surface area contributed by atoms with Crippen LogP contribution in [0.15, 0.2) is 18.2 Å². The summed E-state index contributed by atoms with van der Waals surface area (Å²) in [5.74, 6) is -2.04. The molecule has 0 saturated heterocycles. The summed E-state index contributed by atoms with van der Waals surface area (Å²) in [6, 6.07) is 2.92. The third kappa shape index (κ3) is 4.22. The molecule has 0 radical (unpaired) electrons. The van der Waals surface area contributed by atoms with Crippen LogP contribution in [0.1, 0.15) is 31.4 Å². The van der Waals surface area contributed by atoms with Gasteiger partial charge in [0.25, 0.3) is 0 Å². The molecule has 1 N–H and O–H groups in total. The van der Waals surface area contributed by atoms with E-state index < -0.39 is 24.0 Å². The molecule has 1 aromatic rings. The minimum Gasteiger partial charge on any atom is -0.403 e. The van der Waals surface area contributed by atoms with Crippen molar-refractivity contribution in [2.24, 2.45) is 0 Å². The minimum absolute atomic E-state index is 0.235. The second-order valence-corrected chi connectivity index (χ2v) is 3.54. The number of hydrogen-bond acceptors (Lipinski definition) is 2. The second-order valence-electron chi connectivity index (χ2n) is 3.54. The van der Waals surface area contributed by atoms with Gasteiger partial charge < -0.3 is 9.84 Å². The van der Waals surface area contributed by atoms with E-state index in [1.165, 1.54) is 6.07 Å². The van der Waals surface area contributed by atoms with Crippen molar-refractivity contribution in [3.63, 3.8) is 0 Å². The van der Waals surface area contributed by atoms with E-state index in [0.717, 1.165) is 12.1 Å². The molecule has 1 rings (SSSR count). The normalized spacial score (nSPS) is 13.5. The first-order valence-corrected chi connectivity index (χ1v) is 5.06. The number of aliphatic hydroxyl groups is 1. The van der Waals surface area contributed by atoms with Gasteiger partial charge in [-0.15, -0.1) is 13.2 Å². The van der Waals surface area contributed by atoms with Crippen LogP contribution in [0.25, 0.3) is 0 Å². The van der Waals surface area contributed by atoms with E-state index >= 15 is 0 Å². The minimum atomic E-state index is -4.93. The number of halogens is 4. The van der Waals surface area contributed by atoms with Gasteiger partial charge in [-0.3, -0.25) is 0 Å². The van der Waals surface area contributed by atoms with Gasteiger partial charge >= 0.3 is 6.36 Å². The van der Waals surface area contributed by atoms with Crippen molar-refractivity contribution in [1.29, 1.82) is 0 Å². The maximum atomic E-state index is 13.2. The van der Waals surface area contributed by atoms with E-state index in [-0.39, 0.29) is 5.56 Å². The Hall–Kier alpha value is -1.30. The molecule has 96 valence electrons. The van der Waals surface area contributed by atoms with Crippen LogP contribution >= 0.6 is 0 Å². The van der Waals surface area contributed by atoms with Gasteiger partial charge in [0.05, 0.1) is 6.10 Å². The van der Waals surface area contributed by atoms with Gasteiger partial charge in [0.2, 0.25) is 0 Å². The Bertz CT molecular complexity index is 376. The van der Waals surface area contributed by atoms with E-state index in [4.69, 9.17) is 0 Å². The largest absolute Gasteiger partial charge is 0.573 e. The molecular weight excluding hydrogens is 240 g/mol. The van der Waals surface area contributed by atoms with E-state index in [0.29, 0.717) is 12.8 Å². The van der Waals surface area contributed by atoms with Crippen LogP contribution in [0.2, 0.25) is 0 Å². The molecule has 0 aliphatic heterocycles. The molecule has 0 unspecified atom stereocenters. The summed E-state index contributed by atoms with van der Waals surface area (Å²) in [6.07, 6.45) is -4.71. The van der Waals surface area contributed by atoms with Gasteiger partial charge in [-0.05, 0) is 24.1 Å². The molecule has 1 aromatic carbocycles. The lowest BCUT2D eigenvalue weighted by Gasteiger charge is -2.13. The highest BCUT2D eigenvalue weighted by molar-refractivity contribution is 5.30. The number of benzene rings is 1. The number of ether oxygens (including phenoxy) is 1. The van der Waals surface area contributed by atoms with Crippen molar-refractivity contribution >= 4 is 0 Å². The van der Waals surface area contributed by atoms with Crippen molar-refractivity contribution < 1.29 is 27.4 Å². The maximum Gasteiger partial charge on any atom is 0.573 e. The molecule has 6 heteroatoms. The smallest absolute Gasteiger partial charge is 0.403 e. The van der Waals surface area contributed by atoms with Crippen LogP contribution in [0, 0.1) is 5.82 Å². The van der Waals surface area contributed by atoms with Gasteiger partial charge in [-0.2, -0.15) is 0 Å². The SMILES string of the molecule is CCC[C@@H](O)c1ccc(OC(F)(F)F)c(F)c1. The molecule has 0 spiro atoms. The molecule has 1 atom stereocenters. The van der Waals surface area contributed by atoms with Crippen LogP contribution in [0.3, 0.4) is 0 Å². The zero-order valence-electron chi connectivity index (χ0n) is 9.09. The maximum absolute atomic E-state index is 13.2. The average molecular weight is 252 g/mol. The van der Waals surface area contributed by atoms with Crippen molar-refractivity contribution in [3.05, 3.63) is 29.6 Å². The fourth-order valence-corrected chi connectivity index (χ4v) is 1.37. The van der Waals surface area contributed by atoms with Gasteiger partial charge in [-0.1, -0.05) is 19.4 Å². The highest BCUT2D eigenvalue weighted by atomic mass is 19.4. The van der Waals surface area contributed by atoms with Crippen LogP contribution in [-0.2, 0) is 0 Å². The highest BCUT2D eigenvalue weighted by Gasteiger charge is 2.32. The van der Waals surface area contributed by atoms with Crippen molar-refractivity contribution in [2.75, 3.05) is 0 Å². The quantitative estimate of drug-likeness (QED) is 0.830. The summed E-state index contributed by atoms with van der Waals surface area (Å²) >= 11 is 0. The van der Waals surface area contributed by atoms with Gasteiger partial charge in [0.15, 0.2) is 11.6 Å². The Kier molecular flexibility index (Phi) is 4.34. The topological polar surface area (TPSA) is 29.5 Å². The molecule has 0 aliphatic carbocycles. The summed E-state index contributed by atoms with van der Waals surface area (Å²) in [7, 11) is 0. The van der Waals surface area contributed by atoms with Crippen molar-refractivity contribution in [2.45, 2.75) is 32.2 Å². The molecule has 2 nitrogen and oxygen atoms in total. The molecule has 0 saturated carbocycles. The lowest BCUT2D eigenvalue weighted by molar-refractivity contribution is -0.275. The average Bonchev–Trinajstić information content (AvgIpc) is 2.19. The van der Waals surface area contributed by atoms with Gasteiger partial charge in [-0.25, -0.2) is 4.39 Å². The standard InChI is InChI=1S/C11H12F4O2/c1-2-3-9(16)7-4-5-10(8(12)6-7)17-11(13,14)15/h4-6,9,16H,2-3H2,1H3/t9-/m1/s1. The highest BCUT2D eigenvalue weighted by Crippen LogP contribution is 2.28. The van der Waals surface area contributed by atoms with Crippen LogP contribution in [0.4, 0.5) is 17.6 Å². The van der Waals surface area contributed by atoms with Crippen LogP contribution < -0.4 is 4.74 Å². The summed E-state index contributed by atoms with van der Waals surface area (Å²) in [5, 5.41) is 9.54. The third-order valence-electron chi connectivity index (χ3n) is 2.13. The molecule has 0 aliphatic rings. The van der Waals surface area contributed by atoms with Gasteiger partial charge in [0.1, 0.15) is 0 Å². The van der Waals surface area contributed by atoms with Crippen LogP contribution in [-0.4, -0.2) is 11.5 Å². The molecule has 0 fully saturated rings. The zero-order chi connectivity index (χ0) is 13.1. The molecule has 0 heterocycles. The third-order valence-corrected chi connectivity index (χ3v) is 2.13. The summed E-state index contributed by atoms with van der Waals surface area (Å²) in [4.78, 5) is 0. The first-order chi connectivity index (χ1) is 7.83. The van der Waals surface area contributed by atoms with Crippen molar-refractivity contribution in [1.82, 2.24) is 0 Å². The predicted molar refractivity (Wildman–Crippen MR) is 53.0 cm³/mol. The van der Waals surface area contributed by atoms with E-state index in [1.54, 1.807) is 0 Å². The monoisotopic (exact) mass is 252 g/mol. The first-order valence-electron chi connectivity index (χ1n) is 5.06. The lowest BCUT2D eigenvalue weighted by atomic mass is 10.1. The van der Waals surface area contributed by atoms with Gasteiger partial charge in [0, 0.05) is 0 Å². The number of rotatable bonds is 4. The first kappa shape index (κ1) is 13.8. The zero-order valence-corrected chi connectivity index (χ0v) is 9.09. The lowest BCUT2D eigenvalue weighted by Crippen LogP contribution is -2.18. The van der Waals surface area contributed by atoms with Crippen molar-refractivity contribution in [3.8, 4) is 5.75 Å². The Morgan fingerprint density at radius 2 is 2.00 bits per heavy atom. The van der Waals surface area contributed by atoms with Crippen LogP contribution in [0.5, 0.6) is 5.75 Å². The summed E-state index contributed by atoms with van der Waals surface area (Å²) < 4.78 is 52.3. The van der Waals surface area contributed by atoms with E-state index in [2.05, 4.69) is 4.74 Å². The number of aliphatic hydroxyl groups excluding tert-OH is 1. The Morgan fingerprint density at radius 1 is 1.35 bits per heavy atom.